The fourth-order valence-corrected chi connectivity index (χ4v) is 6.09. The molecule has 0 saturated carbocycles. The first kappa shape index (κ1) is 16.4. The van der Waals surface area contributed by atoms with E-state index in [-0.39, 0.29) is 5.54 Å². The minimum atomic E-state index is -3.34. The van der Waals surface area contributed by atoms with Crippen molar-refractivity contribution in [1.82, 2.24) is 9.21 Å². The molecule has 0 amide bonds. The number of sulfonamides is 1. The molecule has 0 N–H and O–H groups in total. The second kappa shape index (κ2) is 5.68. The molecule has 0 radical (unpaired) electrons. The fourth-order valence-electron chi connectivity index (χ4n) is 2.29. The van der Waals surface area contributed by atoms with Crippen LogP contribution in [0.5, 0.6) is 0 Å². The molecule has 0 unspecified atom stereocenters. The molecule has 20 heavy (non-hydrogen) atoms. The molecular weight excluding hydrogens is 360 g/mol. The van der Waals surface area contributed by atoms with Crippen LogP contribution >= 0.6 is 27.3 Å². The van der Waals surface area contributed by atoms with Crippen LogP contribution in [0.2, 0.25) is 0 Å². The molecule has 1 aromatic rings. The van der Waals surface area contributed by atoms with Crippen LogP contribution in [-0.2, 0) is 10.0 Å². The highest BCUT2D eigenvalue weighted by molar-refractivity contribution is 9.11. The van der Waals surface area contributed by atoms with Crippen molar-refractivity contribution in [1.29, 1.82) is 0 Å². The third-order valence-corrected chi connectivity index (χ3v) is 8.10. The summed E-state index contributed by atoms with van der Waals surface area (Å²) in [6.07, 6.45) is 0. The Morgan fingerprint density at radius 1 is 1.20 bits per heavy atom. The van der Waals surface area contributed by atoms with Gasteiger partial charge in [-0.15, -0.1) is 11.3 Å². The summed E-state index contributed by atoms with van der Waals surface area (Å²) in [6, 6.07) is 1.75. The fraction of sp³-hybridized carbons (Fsp3) is 0.692. The van der Waals surface area contributed by atoms with Gasteiger partial charge in [-0.3, -0.25) is 4.90 Å². The van der Waals surface area contributed by atoms with Crippen molar-refractivity contribution in [2.24, 2.45) is 0 Å². The third-order valence-electron chi connectivity index (χ3n) is 3.62. The molecule has 1 aromatic heterocycles. The zero-order valence-electron chi connectivity index (χ0n) is 12.3. The molecule has 1 fully saturated rings. The quantitative estimate of drug-likeness (QED) is 0.791. The summed E-state index contributed by atoms with van der Waals surface area (Å²) in [5.74, 6) is 0. The van der Waals surface area contributed by atoms with Crippen molar-refractivity contribution in [2.45, 2.75) is 37.4 Å². The standard InChI is InChI=1S/C13H21BrN2O2S2/c1-10-9-11(19-12(10)14)20(17,18)16-7-5-15(6-8-16)13(2,3)4/h9H,5-8H2,1-4H3. The lowest BCUT2D eigenvalue weighted by Crippen LogP contribution is -2.54. The SMILES string of the molecule is Cc1cc(S(=O)(=O)N2CCN(C(C)(C)C)CC2)sc1Br. The van der Waals surface area contributed by atoms with Gasteiger partial charge in [-0.1, -0.05) is 0 Å². The van der Waals surface area contributed by atoms with Gasteiger partial charge in [0.1, 0.15) is 4.21 Å². The molecule has 1 aliphatic heterocycles. The van der Waals surface area contributed by atoms with Crippen LogP contribution in [-0.4, -0.2) is 49.3 Å². The maximum Gasteiger partial charge on any atom is 0.252 e. The minimum absolute atomic E-state index is 0.0956. The largest absolute Gasteiger partial charge is 0.296 e. The maximum atomic E-state index is 12.6. The van der Waals surface area contributed by atoms with Crippen LogP contribution in [0.25, 0.3) is 0 Å². The summed E-state index contributed by atoms with van der Waals surface area (Å²) in [5.41, 5.74) is 1.07. The topological polar surface area (TPSA) is 40.6 Å². The van der Waals surface area contributed by atoms with Crippen LogP contribution in [0.3, 0.4) is 0 Å². The number of hydrogen-bond acceptors (Lipinski definition) is 4. The number of hydrogen-bond donors (Lipinski definition) is 0. The molecule has 1 saturated heterocycles. The predicted octanol–water partition coefficient (Wildman–Crippen LogP) is 2.92. The number of aryl methyl sites for hydroxylation is 1. The summed E-state index contributed by atoms with van der Waals surface area (Å²) < 4.78 is 28.1. The molecule has 0 bridgehead atoms. The van der Waals surface area contributed by atoms with E-state index in [2.05, 4.69) is 41.6 Å². The maximum absolute atomic E-state index is 12.6. The second-order valence-electron chi connectivity index (χ2n) is 6.08. The van der Waals surface area contributed by atoms with E-state index in [1.165, 1.54) is 11.3 Å². The van der Waals surface area contributed by atoms with Crippen molar-refractivity contribution in [3.05, 3.63) is 15.4 Å². The first-order valence-corrected chi connectivity index (χ1v) is 9.68. The summed E-state index contributed by atoms with van der Waals surface area (Å²) in [6.45, 7) is 11.1. The summed E-state index contributed by atoms with van der Waals surface area (Å²) >= 11 is 4.69. The van der Waals surface area contributed by atoms with E-state index in [0.29, 0.717) is 17.3 Å². The molecule has 2 rings (SSSR count). The first-order chi connectivity index (χ1) is 9.12. The van der Waals surface area contributed by atoms with Gasteiger partial charge in [-0.25, -0.2) is 8.42 Å². The van der Waals surface area contributed by atoms with Crippen LogP contribution < -0.4 is 0 Å². The van der Waals surface area contributed by atoms with Gasteiger partial charge >= 0.3 is 0 Å². The second-order valence-corrected chi connectivity index (χ2v) is 10.6. The molecule has 0 aromatic carbocycles. The molecule has 0 aliphatic carbocycles. The van der Waals surface area contributed by atoms with Gasteiger partial charge in [-0.2, -0.15) is 4.31 Å². The lowest BCUT2D eigenvalue weighted by molar-refractivity contribution is 0.0922. The molecule has 0 atom stereocenters. The Bertz CT molecular complexity index is 563. The van der Waals surface area contributed by atoms with E-state index >= 15 is 0 Å². The van der Waals surface area contributed by atoms with Gasteiger partial charge in [-0.05, 0) is 55.3 Å². The Labute approximate surface area is 133 Å². The lowest BCUT2D eigenvalue weighted by atomic mass is 10.1. The Hall–Kier alpha value is 0.0500. The van der Waals surface area contributed by atoms with Gasteiger partial charge in [0.25, 0.3) is 10.0 Å². The van der Waals surface area contributed by atoms with Crippen molar-refractivity contribution in [2.75, 3.05) is 26.2 Å². The van der Waals surface area contributed by atoms with E-state index < -0.39 is 10.0 Å². The van der Waals surface area contributed by atoms with Crippen molar-refractivity contribution < 1.29 is 8.42 Å². The van der Waals surface area contributed by atoms with E-state index in [9.17, 15) is 8.42 Å². The number of rotatable bonds is 2. The highest BCUT2D eigenvalue weighted by Crippen LogP contribution is 2.32. The molecule has 4 nitrogen and oxygen atoms in total. The average Bonchev–Trinajstić information content (AvgIpc) is 2.69. The van der Waals surface area contributed by atoms with Crippen LogP contribution in [0.15, 0.2) is 14.1 Å². The molecule has 2 heterocycles. The Kier molecular flexibility index (Phi) is 4.67. The Morgan fingerprint density at radius 3 is 2.15 bits per heavy atom. The van der Waals surface area contributed by atoms with Crippen molar-refractivity contribution in [3.8, 4) is 0 Å². The summed E-state index contributed by atoms with van der Waals surface area (Å²) in [5, 5.41) is 0. The molecular formula is C13H21BrN2O2S2. The normalized spacial score (nSPS) is 19.4. The number of piperazine rings is 1. The molecule has 114 valence electrons. The van der Waals surface area contributed by atoms with Crippen LogP contribution in [0.1, 0.15) is 26.3 Å². The molecule has 0 spiro atoms. The number of halogens is 1. The average molecular weight is 381 g/mol. The van der Waals surface area contributed by atoms with E-state index in [0.717, 1.165) is 22.4 Å². The third kappa shape index (κ3) is 3.27. The monoisotopic (exact) mass is 380 g/mol. The highest BCUT2D eigenvalue weighted by Gasteiger charge is 2.33. The zero-order valence-corrected chi connectivity index (χ0v) is 15.5. The summed E-state index contributed by atoms with van der Waals surface area (Å²) in [7, 11) is -3.34. The Morgan fingerprint density at radius 2 is 1.75 bits per heavy atom. The van der Waals surface area contributed by atoms with Crippen molar-refractivity contribution in [3.63, 3.8) is 0 Å². The number of thiophene rings is 1. The molecule has 7 heteroatoms. The van der Waals surface area contributed by atoms with Gasteiger partial charge < -0.3 is 0 Å². The first-order valence-electron chi connectivity index (χ1n) is 6.63. The number of nitrogens with zero attached hydrogens (tertiary/aromatic N) is 2. The smallest absolute Gasteiger partial charge is 0.252 e. The predicted molar refractivity (Wildman–Crippen MR) is 86.8 cm³/mol. The van der Waals surface area contributed by atoms with Gasteiger partial charge in [0.15, 0.2) is 0 Å². The van der Waals surface area contributed by atoms with E-state index in [1.807, 2.05) is 6.92 Å². The van der Waals surface area contributed by atoms with Gasteiger partial charge in [0.2, 0.25) is 0 Å². The highest BCUT2D eigenvalue weighted by atomic mass is 79.9. The van der Waals surface area contributed by atoms with Crippen LogP contribution in [0, 0.1) is 6.92 Å². The van der Waals surface area contributed by atoms with Crippen LogP contribution in [0.4, 0.5) is 0 Å². The van der Waals surface area contributed by atoms with E-state index in [1.54, 1.807) is 10.4 Å². The molecule has 1 aliphatic rings. The van der Waals surface area contributed by atoms with Gasteiger partial charge in [0.05, 0.1) is 3.79 Å². The Balaban J connectivity index is 2.13. The zero-order chi connectivity index (χ0) is 15.1. The summed E-state index contributed by atoms with van der Waals surface area (Å²) in [4.78, 5) is 2.33. The van der Waals surface area contributed by atoms with E-state index in [4.69, 9.17) is 0 Å². The van der Waals surface area contributed by atoms with Crippen molar-refractivity contribution >= 4 is 37.3 Å². The van der Waals surface area contributed by atoms with Gasteiger partial charge in [0, 0.05) is 31.7 Å². The lowest BCUT2D eigenvalue weighted by Gasteiger charge is -2.41. The minimum Gasteiger partial charge on any atom is -0.296 e.